The first-order valence-electron chi connectivity index (χ1n) is 23.6. The van der Waals surface area contributed by atoms with Crippen molar-refractivity contribution in [2.75, 3.05) is 0 Å². The van der Waals surface area contributed by atoms with Crippen LogP contribution in [0.25, 0.3) is 83.9 Å². The van der Waals surface area contributed by atoms with Crippen LogP contribution in [-0.2, 0) is 10.8 Å². The molecule has 9 aromatic rings. The largest absolute Gasteiger partial charge is 0.507 e. The number of pyridine rings is 1. The highest BCUT2D eigenvalue weighted by Crippen LogP contribution is 2.45. The maximum Gasteiger partial charge on any atom is 0.149 e. The molecule has 7 aromatic carbocycles. The van der Waals surface area contributed by atoms with Gasteiger partial charge in [-0.15, -0.1) is 0 Å². The number of phenols is 1. The first-order chi connectivity index (χ1) is 31.8. The maximum atomic E-state index is 12.4. The Kier molecular flexibility index (Phi) is 8.81. The van der Waals surface area contributed by atoms with Gasteiger partial charge < -0.3 is 5.11 Å². The second kappa shape index (κ2) is 15.8. The molecule has 4 heteroatoms. The number of hydrogen-bond donors (Lipinski definition) is 1. The van der Waals surface area contributed by atoms with Crippen LogP contribution in [0.2, 0.25) is 0 Å². The minimum absolute atomic E-state index is 0.129. The van der Waals surface area contributed by atoms with E-state index in [1.54, 1.807) is 12.1 Å². The zero-order valence-electron chi connectivity index (χ0n) is 41.6. The van der Waals surface area contributed by atoms with E-state index in [4.69, 9.17) is 16.8 Å². The van der Waals surface area contributed by atoms with E-state index in [0.717, 1.165) is 66.9 Å². The molecule has 0 unspecified atom stereocenters. The fourth-order valence-electron chi connectivity index (χ4n) is 8.50. The summed E-state index contributed by atoms with van der Waals surface area (Å²) in [6.07, 6.45) is 1.88. The Labute approximate surface area is 373 Å². The Hall–Kier alpha value is -7.04. The van der Waals surface area contributed by atoms with Gasteiger partial charge in [0.05, 0.1) is 29.1 Å². The van der Waals surface area contributed by atoms with Crippen LogP contribution >= 0.6 is 0 Å². The third-order valence-electron chi connectivity index (χ3n) is 11.8. The average Bonchev–Trinajstić information content (AvgIpc) is 3.70. The zero-order chi connectivity index (χ0) is 47.7. The average molecular weight is 813 g/mol. The van der Waals surface area contributed by atoms with E-state index in [1.165, 1.54) is 16.7 Å². The number of para-hydroxylation sites is 1. The molecule has 0 amide bonds. The standard InChI is InChI=1S/C58H53N3O/c1-37-17-15-18-38(2)53(37)42-29-30-59-51(34-42)45-32-43(40-21-13-10-14-22-40)31-44(33-45)48-23-16-24-52-54(48)60-56(49-35-46(57(3,4)5)36-50(55(49)62)58(6,7)8)61(52)47-27-25-41(26-28-47)39-19-11-9-12-20-39/h9-36,62H,1-8H3/i9D,11D,12D,19D,20D. The van der Waals surface area contributed by atoms with Crippen LogP contribution in [-0.4, -0.2) is 19.6 Å². The van der Waals surface area contributed by atoms with E-state index in [-0.39, 0.29) is 40.9 Å². The van der Waals surface area contributed by atoms with Gasteiger partial charge in [0, 0.05) is 28.6 Å². The summed E-state index contributed by atoms with van der Waals surface area (Å²) in [5.41, 5.74) is 15.0. The van der Waals surface area contributed by atoms with E-state index in [0.29, 0.717) is 17.0 Å². The van der Waals surface area contributed by atoms with E-state index >= 15 is 0 Å². The molecule has 9 rings (SSSR count). The molecule has 0 fully saturated rings. The Morgan fingerprint density at radius 3 is 1.90 bits per heavy atom. The molecule has 0 atom stereocenters. The van der Waals surface area contributed by atoms with Crippen LogP contribution in [0.3, 0.4) is 0 Å². The van der Waals surface area contributed by atoms with Crippen molar-refractivity contribution in [2.24, 2.45) is 0 Å². The van der Waals surface area contributed by atoms with Gasteiger partial charge >= 0.3 is 0 Å². The number of rotatable bonds is 7. The molecule has 0 bridgehead atoms. The molecule has 0 aliphatic heterocycles. The van der Waals surface area contributed by atoms with Crippen LogP contribution < -0.4 is 0 Å². The van der Waals surface area contributed by atoms with Crippen molar-refractivity contribution in [2.45, 2.75) is 66.2 Å². The summed E-state index contributed by atoms with van der Waals surface area (Å²) in [5.74, 6) is 0.687. The first-order valence-corrected chi connectivity index (χ1v) is 21.1. The van der Waals surface area contributed by atoms with Gasteiger partial charge in [-0.3, -0.25) is 9.55 Å². The van der Waals surface area contributed by atoms with E-state index in [2.05, 4.69) is 133 Å². The molecule has 306 valence electrons. The van der Waals surface area contributed by atoms with Crippen molar-refractivity contribution in [1.29, 1.82) is 0 Å². The van der Waals surface area contributed by atoms with Crippen molar-refractivity contribution >= 4 is 11.0 Å². The van der Waals surface area contributed by atoms with Crippen LogP contribution in [0.1, 0.15) is 70.7 Å². The number of phenolic OH excluding ortho intramolecular Hbond substituents is 1. The number of aromatic hydroxyl groups is 1. The second-order valence-electron chi connectivity index (χ2n) is 18.3. The Balaban J connectivity index is 1.31. The topological polar surface area (TPSA) is 50.9 Å². The van der Waals surface area contributed by atoms with E-state index < -0.39 is 11.5 Å². The number of aryl methyl sites for hydroxylation is 2. The lowest BCUT2D eigenvalue weighted by Crippen LogP contribution is -2.17. The van der Waals surface area contributed by atoms with Crippen LogP contribution in [0.15, 0.2) is 170 Å². The van der Waals surface area contributed by atoms with Crippen LogP contribution in [0.5, 0.6) is 5.75 Å². The molecule has 0 radical (unpaired) electrons. The number of imidazole rings is 1. The van der Waals surface area contributed by atoms with Crippen molar-refractivity contribution in [1.82, 2.24) is 14.5 Å². The van der Waals surface area contributed by atoms with Gasteiger partial charge in [0.1, 0.15) is 11.6 Å². The van der Waals surface area contributed by atoms with Crippen molar-refractivity contribution in [3.8, 4) is 78.6 Å². The second-order valence-corrected chi connectivity index (χ2v) is 18.3. The van der Waals surface area contributed by atoms with Gasteiger partial charge in [-0.2, -0.15) is 0 Å². The van der Waals surface area contributed by atoms with Crippen molar-refractivity contribution < 1.29 is 12.0 Å². The molecule has 0 aliphatic carbocycles. The predicted molar refractivity (Wildman–Crippen MR) is 260 cm³/mol. The predicted octanol–water partition coefficient (Wildman–Crippen LogP) is 15.3. The molecule has 0 saturated heterocycles. The monoisotopic (exact) mass is 812 g/mol. The highest BCUT2D eigenvalue weighted by molar-refractivity contribution is 5.98. The third-order valence-corrected chi connectivity index (χ3v) is 11.8. The van der Waals surface area contributed by atoms with E-state index in [9.17, 15) is 5.11 Å². The van der Waals surface area contributed by atoms with Gasteiger partial charge in [-0.1, -0.05) is 151 Å². The van der Waals surface area contributed by atoms with Crippen LogP contribution in [0, 0.1) is 13.8 Å². The fraction of sp³-hybridized carbons (Fsp3) is 0.172. The van der Waals surface area contributed by atoms with Crippen molar-refractivity contribution in [3.63, 3.8) is 0 Å². The number of nitrogens with zero attached hydrogens (tertiary/aromatic N) is 3. The van der Waals surface area contributed by atoms with Crippen LogP contribution in [0.4, 0.5) is 0 Å². The van der Waals surface area contributed by atoms with Gasteiger partial charge in [-0.05, 0) is 135 Å². The van der Waals surface area contributed by atoms with Gasteiger partial charge in [0.2, 0.25) is 0 Å². The molecule has 62 heavy (non-hydrogen) atoms. The smallest absolute Gasteiger partial charge is 0.149 e. The number of hydrogen-bond acceptors (Lipinski definition) is 3. The molecular formula is C58H53N3O. The maximum absolute atomic E-state index is 12.4. The Bertz CT molecular complexity index is 3350. The molecule has 0 spiro atoms. The first kappa shape index (κ1) is 34.6. The Morgan fingerprint density at radius 1 is 0.548 bits per heavy atom. The normalized spacial score (nSPS) is 13.1. The van der Waals surface area contributed by atoms with Gasteiger partial charge in [0.25, 0.3) is 0 Å². The number of aromatic nitrogens is 3. The summed E-state index contributed by atoms with van der Waals surface area (Å²) in [4.78, 5) is 10.5. The molecule has 2 aromatic heterocycles. The summed E-state index contributed by atoms with van der Waals surface area (Å²) in [5, 5.41) is 12.4. The molecule has 0 aliphatic rings. The lowest BCUT2D eigenvalue weighted by Gasteiger charge is -2.27. The highest BCUT2D eigenvalue weighted by Gasteiger charge is 2.29. The zero-order valence-corrected chi connectivity index (χ0v) is 36.6. The fourth-order valence-corrected chi connectivity index (χ4v) is 8.50. The number of benzene rings is 7. The molecular weight excluding hydrogens is 755 g/mol. The SMILES string of the molecule is [2H]c1c([2H])c([2H])c(-c2ccc(-n3c(-c4cc(C(C)(C)C)cc(C(C)(C)C)c4O)nc4c(-c5cc(-c6ccccc6)cc(-c6cc(-c7c(C)cccc7C)ccn6)c5)cccc43)cc2)c([2H])c1[2H]. The quantitative estimate of drug-likeness (QED) is 0.174. The minimum atomic E-state index is -0.434. The summed E-state index contributed by atoms with van der Waals surface area (Å²) in [7, 11) is 0. The lowest BCUT2D eigenvalue weighted by molar-refractivity contribution is 0.446. The number of fused-ring (bicyclic) bond motifs is 1. The summed E-state index contributed by atoms with van der Waals surface area (Å²) in [6, 6.07) is 43.4. The Morgan fingerprint density at radius 2 is 1.21 bits per heavy atom. The molecule has 4 nitrogen and oxygen atoms in total. The highest BCUT2D eigenvalue weighted by atomic mass is 16.3. The molecule has 0 saturated carbocycles. The summed E-state index contributed by atoms with van der Waals surface area (Å²) < 4.78 is 44.2. The summed E-state index contributed by atoms with van der Waals surface area (Å²) >= 11 is 0. The third kappa shape index (κ3) is 7.62. The van der Waals surface area contributed by atoms with Gasteiger partial charge in [-0.25, -0.2) is 4.98 Å². The molecule has 1 N–H and O–H groups in total. The minimum Gasteiger partial charge on any atom is -0.507 e. The van der Waals surface area contributed by atoms with E-state index in [1.807, 2.05) is 54.7 Å². The van der Waals surface area contributed by atoms with Gasteiger partial charge in [0.15, 0.2) is 0 Å². The van der Waals surface area contributed by atoms with Crippen molar-refractivity contribution in [3.05, 3.63) is 192 Å². The summed E-state index contributed by atoms with van der Waals surface area (Å²) in [6.45, 7) is 17.1. The lowest BCUT2D eigenvalue weighted by atomic mass is 9.79. The molecule has 2 heterocycles.